The predicted molar refractivity (Wildman–Crippen MR) is 132 cm³/mol. The molecule has 1 aliphatic carbocycles. The highest BCUT2D eigenvalue weighted by atomic mass is 19.4. The van der Waals surface area contributed by atoms with Crippen LogP contribution in [0.5, 0.6) is 0 Å². The van der Waals surface area contributed by atoms with Gasteiger partial charge in [0, 0.05) is 24.2 Å². The Balaban J connectivity index is 1.25. The maximum absolute atomic E-state index is 13.7. The Hall–Kier alpha value is -2.34. The molecular formula is C29H35F3N2O. The number of aryl methyl sites for hydroxylation is 1. The van der Waals surface area contributed by atoms with Crippen molar-refractivity contribution in [3.05, 3.63) is 65.2 Å². The van der Waals surface area contributed by atoms with Crippen molar-refractivity contribution in [3.8, 4) is 0 Å². The number of rotatable bonds is 4. The van der Waals surface area contributed by atoms with Gasteiger partial charge in [-0.25, -0.2) is 0 Å². The zero-order chi connectivity index (χ0) is 24.4. The second-order valence-corrected chi connectivity index (χ2v) is 10.6. The Kier molecular flexibility index (Phi) is 7.19. The summed E-state index contributed by atoms with van der Waals surface area (Å²) < 4.78 is 38.7. The van der Waals surface area contributed by atoms with Crippen LogP contribution in [0, 0.1) is 5.92 Å². The lowest BCUT2D eigenvalue weighted by molar-refractivity contribution is -0.137. The smallest absolute Gasteiger partial charge is 0.308 e. The molecule has 6 heteroatoms. The molecule has 1 unspecified atom stereocenters. The molecule has 1 saturated carbocycles. The topological polar surface area (TPSA) is 23.6 Å². The van der Waals surface area contributed by atoms with E-state index in [-0.39, 0.29) is 12.0 Å². The van der Waals surface area contributed by atoms with Gasteiger partial charge in [0.15, 0.2) is 0 Å². The summed E-state index contributed by atoms with van der Waals surface area (Å²) in [7, 11) is 0. The lowest BCUT2D eigenvalue weighted by atomic mass is 9.85. The van der Waals surface area contributed by atoms with Gasteiger partial charge in [-0.15, -0.1) is 0 Å². The summed E-state index contributed by atoms with van der Waals surface area (Å²) in [5.41, 5.74) is 2.78. The zero-order valence-electron chi connectivity index (χ0n) is 20.3. The number of amides is 1. The van der Waals surface area contributed by atoms with Crippen LogP contribution in [0.1, 0.15) is 74.0 Å². The van der Waals surface area contributed by atoms with Crippen LogP contribution >= 0.6 is 0 Å². The fourth-order valence-corrected chi connectivity index (χ4v) is 6.31. The first-order chi connectivity index (χ1) is 16.9. The molecule has 5 rings (SSSR count). The van der Waals surface area contributed by atoms with E-state index in [1.807, 2.05) is 6.07 Å². The van der Waals surface area contributed by atoms with Crippen molar-refractivity contribution >= 4 is 11.6 Å². The molecule has 1 saturated heterocycles. The average Bonchev–Trinajstić information content (AvgIpc) is 2.89. The lowest BCUT2D eigenvalue weighted by Gasteiger charge is -2.43. The van der Waals surface area contributed by atoms with Gasteiger partial charge in [-0.1, -0.05) is 49.6 Å². The molecule has 188 valence electrons. The fourth-order valence-electron chi connectivity index (χ4n) is 6.31. The lowest BCUT2D eigenvalue weighted by Crippen LogP contribution is -2.52. The summed E-state index contributed by atoms with van der Waals surface area (Å²) in [6, 6.07) is 14.2. The average molecular weight is 485 g/mol. The van der Waals surface area contributed by atoms with Crippen LogP contribution in [0.25, 0.3) is 0 Å². The van der Waals surface area contributed by atoms with Crippen LogP contribution < -0.4 is 4.90 Å². The Labute approximate surface area is 206 Å². The first-order valence-corrected chi connectivity index (χ1v) is 13.2. The molecule has 2 fully saturated rings. The third kappa shape index (κ3) is 5.42. The van der Waals surface area contributed by atoms with E-state index in [1.54, 1.807) is 12.1 Å². The minimum atomic E-state index is -4.29. The van der Waals surface area contributed by atoms with Gasteiger partial charge in [0.1, 0.15) is 0 Å². The van der Waals surface area contributed by atoms with Crippen molar-refractivity contribution in [1.29, 1.82) is 0 Å². The van der Waals surface area contributed by atoms with Crippen molar-refractivity contribution in [2.45, 2.75) is 75.9 Å². The summed E-state index contributed by atoms with van der Waals surface area (Å²) in [4.78, 5) is 18.3. The SMILES string of the molecule is O=C(C1CCCCC1)N1c2ccccc2CCC1CN1CCC(c2ccc(C(F)(F)F)cc2)CC1. The number of hydrogen-bond donors (Lipinski definition) is 0. The van der Waals surface area contributed by atoms with E-state index in [0.717, 1.165) is 82.3 Å². The number of piperidine rings is 1. The minimum Gasteiger partial charge on any atom is -0.308 e. The summed E-state index contributed by atoms with van der Waals surface area (Å²) >= 11 is 0. The Morgan fingerprint density at radius 2 is 1.54 bits per heavy atom. The molecule has 2 aromatic carbocycles. The summed E-state index contributed by atoms with van der Waals surface area (Å²) in [6.45, 7) is 2.69. The molecular weight excluding hydrogens is 449 g/mol. The molecule has 1 amide bonds. The molecule has 0 aromatic heterocycles. The second-order valence-electron chi connectivity index (χ2n) is 10.6. The second kappa shape index (κ2) is 10.3. The minimum absolute atomic E-state index is 0.141. The number of likely N-dealkylation sites (tertiary alicyclic amines) is 1. The molecule has 3 aliphatic rings. The third-order valence-corrected chi connectivity index (χ3v) is 8.32. The van der Waals surface area contributed by atoms with E-state index in [1.165, 1.54) is 24.1 Å². The quantitative estimate of drug-likeness (QED) is 0.476. The molecule has 0 spiro atoms. The number of hydrogen-bond acceptors (Lipinski definition) is 2. The van der Waals surface area contributed by atoms with Gasteiger partial charge in [0.25, 0.3) is 0 Å². The summed E-state index contributed by atoms with van der Waals surface area (Å²) in [5.74, 6) is 0.741. The number of nitrogens with zero attached hydrogens (tertiary/aromatic N) is 2. The molecule has 3 nitrogen and oxygen atoms in total. The highest BCUT2D eigenvalue weighted by molar-refractivity contribution is 5.97. The van der Waals surface area contributed by atoms with E-state index >= 15 is 0 Å². The molecule has 2 heterocycles. The molecule has 2 aliphatic heterocycles. The number of carbonyl (C=O) groups is 1. The van der Waals surface area contributed by atoms with Crippen LogP contribution in [-0.4, -0.2) is 36.5 Å². The Morgan fingerprint density at radius 3 is 2.23 bits per heavy atom. The number of alkyl halides is 3. The maximum Gasteiger partial charge on any atom is 0.416 e. The third-order valence-electron chi connectivity index (χ3n) is 8.32. The highest BCUT2D eigenvalue weighted by Crippen LogP contribution is 2.37. The number of anilines is 1. The van der Waals surface area contributed by atoms with E-state index in [0.29, 0.717) is 11.8 Å². The standard InChI is InChI=1S/C29H35F3N2O/c30-29(31,32)25-13-10-21(11-14-25)22-16-18-33(19-17-22)20-26-15-12-23-6-4-5-9-27(23)34(26)28(35)24-7-2-1-3-8-24/h4-6,9-11,13-14,22,24,26H,1-3,7-8,12,15-20H2. The maximum atomic E-state index is 13.7. The van der Waals surface area contributed by atoms with Crippen molar-refractivity contribution in [3.63, 3.8) is 0 Å². The van der Waals surface area contributed by atoms with Crippen molar-refractivity contribution in [1.82, 2.24) is 4.90 Å². The first kappa shape index (κ1) is 24.4. The molecule has 1 atom stereocenters. The van der Waals surface area contributed by atoms with Gasteiger partial charge < -0.3 is 9.80 Å². The van der Waals surface area contributed by atoms with Crippen LogP contribution in [0.2, 0.25) is 0 Å². The largest absolute Gasteiger partial charge is 0.416 e. The van der Waals surface area contributed by atoms with E-state index < -0.39 is 11.7 Å². The van der Waals surface area contributed by atoms with E-state index in [2.05, 4.69) is 28.0 Å². The van der Waals surface area contributed by atoms with Gasteiger partial charge in [-0.05, 0) is 86.9 Å². The summed E-state index contributed by atoms with van der Waals surface area (Å²) in [5, 5.41) is 0. The van der Waals surface area contributed by atoms with Gasteiger partial charge in [0.05, 0.1) is 5.56 Å². The number of para-hydroxylation sites is 1. The number of carbonyl (C=O) groups excluding carboxylic acids is 1. The van der Waals surface area contributed by atoms with Crippen molar-refractivity contribution < 1.29 is 18.0 Å². The number of fused-ring (bicyclic) bond motifs is 1. The number of benzene rings is 2. The number of halogens is 3. The normalized spacial score (nSPS) is 22.7. The monoisotopic (exact) mass is 484 g/mol. The fraction of sp³-hybridized carbons (Fsp3) is 0.552. The van der Waals surface area contributed by atoms with Gasteiger partial charge >= 0.3 is 6.18 Å². The van der Waals surface area contributed by atoms with E-state index in [9.17, 15) is 18.0 Å². The molecule has 2 aromatic rings. The van der Waals surface area contributed by atoms with Crippen molar-refractivity contribution in [2.75, 3.05) is 24.5 Å². The van der Waals surface area contributed by atoms with Gasteiger partial charge in [-0.2, -0.15) is 13.2 Å². The molecule has 35 heavy (non-hydrogen) atoms. The van der Waals surface area contributed by atoms with E-state index in [4.69, 9.17) is 0 Å². The van der Waals surface area contributed by atoms with Crippen LogP contribution in [-0.2, 0) is 17.4 Å². The van der Waals surface area contributed by atoms with Crippen LogP contribution in [0.4, 0.5) is 18.9 Å². The Morgan fingerprint density at radius 1 is 0.857 bits per heavy atom. The summed E-state index contributed by atoms with van der Waals surface area (Å²) in [6.07, 6.45) is 5.09. The molecule has 0 radical (unpaired) electrons. The first-order valence-electron chi connectivity index (χ1n) is 13.2. The van der Waals surface area contributed by atoms with Crippen molar-refractivity contribution in [2.24, 2.45) is 5.92 Å². The predicted octanol–water partition coefficient (Wildman–Crippen LogP) is 6.81. The van der Waals surface area contributed by atoms with Gasteiger partial charge in [-0.3, -0.25) is 4.79 Å². The highest BCUT2D eigenvalue weighted by Gasteiger charge is 2.36. The molecule has 0 N–H and O–H groups in total. The van der Waals surface area contributed by atoms with Crippen LogP contribution in [0.15, 0.2) is 48.5 Å². The van der Waals surface area contributed by atoms with Gasteiger partial charge in [0.2, 0.25) is 5.91 Å². The Bertz CT molecular complexity index is 1010. The van der Waals surface area contributed by atoms with Crippen LogP contribution in [0.3, 0.4) is 0 Å². The zero-order valence-corrected chi connectivity index (χ0v) is 20.3. The molecule has 0 bridgehead atoms.